The van der Waals surface area contributed by atoms with Gasteiger partial charge in [-0.2, -0.15) is 0 Å². The Morgan fingerprint density at radius 2 is 1.71 bits per heavy atom. The Labute approximate surface area is 168 Å². The van der Waals surface area contributed by atoms with Gasteiger partial charge in [0.15, 0.2) is 0 Å². The lowest BCUT2D eigenvalue weighted by molar-refractivity contribution is -0.0104. The zero-order chi connectivity index (χ0) is 20.5. The van der Waals surface area contributed by atoms with Crippen LogP contribution < -0.4 is 4.72 Å². The fourth-order valence-electron chi connectivity index (χ4n) is 3.67. The lowest BCUT2D eigenvalue weighted by atomic mass is 9.92. The molecule has 1 fully saturated rings. The molecule has 0 aromatic heterocycles. The standard InChI is InChI=1S/C22H30N2O3S/c1-16-6-5-7-21(18(16)3)20-9-8-19(14-17(20)2)28(26,27)23-15-22(25)10-12-24(4)13-11-22/h5-9,14,23,25H,10-13,15H2,1-4H3. The molecule has 1 aliphatic heterocycles. The SMILES string of the molecule is Cc1cc(S(=O)(=O)NCC2(O)CCN(C)CC2)ccc1-c1cccc(C)c1C. The number of hydrogen-bond donors (Lipinski definition) is 2. The summed E-state index contributed by atoms with van der Waals surface area (Å²) >= 11 is 0. The van der Waals surface area contributed by atoms with Gasteiger partial charge in [-0.25, -0.2) is 13.1 Å². The fraction of sp³-hybridized carbons (Fsp3) is 0.455. The summed E-state index contributed by atoms with van der Waals surface area (Å²) in [6, 6.07) is 11.4. The van der Waals surface area contributed by atoms with Crippen LogP contribution in [0.25, 0.3) is 11.1 Å². The number of piperidine rings is 1. The number of nitrogens with zero attached hydrogens (tertiary/aromatic N) is 1. The van der Waals surface area contributed by atoms with Crippen LogP contribution in [0.4, 0.5) is 0 Å². The van der Waals surface area contributed by atoms with E-state index in [4.69, 9.17) is 0 Å². The summed E-state index contributed by atoms with van der Waals surface area (Å²) in [4.78, 5) is 2.37. The van der Waals surface area contributed by atoms with Crippen molar-refractivity contribution < 1.29 is 13.5 Å². The maximum Gasteiger partial charge on any atom is 0.240 e. The first kappa shape index (κ1) is 21.0. The zero-order valence-electron chi connectivity index (χ0n) is 17.1. The normalized spacial score (nSPS) is 17.6. The minimum atomic E-state index is -3.67. The van der Waals surface area contributed by atoms with Crippen LogP contribution in [-0.2, 0) is 10.0 Å². The third kappa shape index (κ3) is 4.46. The molecule has 1 saturated heterocycles. The zero-order valence-corrected chi connectivity index (χ0v) is 17.9. The summed E-state index contributed by atoms with van der Waals surface area (Å²) in [5, 5.41) is 10.6. The van der Waals surface area contributed by atoms with Crippen LogP contribution in [0.5, 0.6) is 0 Å². The van der Waals surface area contributed by atoms with Crippen LogP contribution in [0.3, 0.4) is 0 Å². The molecule has 6 heteroatoms. The Bertz CT molecular complexity index is 962. The average Bonchev–Trinajstić information content (AvgIpc) is 2.65. The van der Waals surface area contributed by atoms with E-state index in [2.05, 4.69) is 35.6 Å². The molecule has 28 heavy (non-hydrogen) atoms. The van der Waals surface area contributed by atoms with Crippen LogP contribution in [-0.4, -0.2) is 50.7 Å². The topological polar surface area (TPSA) is 69.6 Å². The van der Waals surface area contributed by atoms with Crippen LogP contribution >= 0.6 is 0 Å². The van der Waals surface area contributed by atoms with Crippen molar-refractivity contribution in [1.29, 1.82) is 0 Å². The highest BCUT2D eigenvalue weighted by atomic mass is 32.2. The van der Waals surface area contributed by atoms with Gasteiger partial charge >= 0.3 is 0 Å². The van der Waals surface area contributed by atoms with Crippen molar-refractivity contribution in [2.45, 2.75) is 44.1 Å². The fourth-order valence-corrected chi connectivity index (χ4v) is 4.88. The maximum absolute atomic E-state index is 12.8. The van der Waals surface area contributed by atoms with Crippen molar-refractivity contribution in [3.63, 3.8) is 0 Å². The van der Waals surface area contributed by atoms with Crippen LogP contribution in [0.2, 0.25) is 0 Å². The molecule has 2 aromatic carbocycles. The number of likely N-dealkylation sites (tertiary alicyclic amines) is 1. The highest BCUT2D eigenvalue weighted by Gasteiger charge is 2.32. The number of aryl methyl sites for hydroxylation is 2. The Morgan fingerprint density at radius 1 is 1.04 bits per heavy atom. The van der Waals surface area contributed by atoms with E-state index < -0.39 is 15.6 Å². The lowest BCUT2D eigenvalue weighted by Crippen LogP contribution is -2.49. The van der Waals surface area contributed by atoms with Crippen LogP contribution in [0.1, 0.15) is 29.5 Å². The molecule has 0 spiro atoms. The van der Waals surface area contributed by atoms with Crippen molar-refractivity contribution in [2.75, 3.05) is 26.7 Å². The largest absolute Gasteiger partial charge is 0.388 e. The molecule has 0 bridgehead atoms. The summed E-state index contributed by atoms with van der Waals surface area (Å²) in [6.45, 7) is 7.66. The summed E-state index contributed by atoms with van der Waals surface area (Å²) < 4.78 is 28.2. The molecule has 152 valence electrons. The quantitative estimate of drug-likeness (QED) is 0.807. The highest BCUT2D eigenvalue weighted by Crippen LogP contribution is 2.30. The number of sulfonamides is 1. The molecule has 0 saturated carbocycles. The van der Waals surface area contributed by atoms with Gasteiger partial charge in [-0.15, -0.1) is 0 Å². The average molecular weight is 403 g/mol. The molecule has 2 aromatic rings. The first-order valence-corrected chi connectivity index (χ1v) is 11.2. The predicted molar refractivity (Wildman–Crippen MR) is 113 cm³/mol. The van der Waals surface area contributed by atoms with Gasteiger partial charge in [0, 0.05) is 19.6 Å². The van der Waals surface area contributed by atoms with Gasteiger partial charge < -0.3 is 10.0 Å². The van der Waals surface area contributed by atoms with Gasteiger partial charge in [-0.05, 0) is 80.6 Å². The van der Waals surface area contributed by atoms with E-state index in [-0.39, 0.29) is 11.4 Å². The van der Waals surface area contributed by atoms with E-state index >= 15 is 0 Å². The minimum Gasteiger partial charge on any atom is -0.388 e. The van der Waals surface area contributed by atoms with Gasteiger partial charge in [-0.3, -0.25) is 0 Å². The first-order valence-electron chi connectivity index (χ1n) is 9.69. The lowest BCUT2D eigenvalue weighted by Gasteiger charge is -2.36. The molecule has 0 amide bonds. The van der Waals surface area contributed by atoms with Crippen molar-refractivity contribution in [3.05, 3.63) is 53.1 Å². The second kappa shape index (κ2) is 7.95. The molecular weight excluding hydrogens is 372 g/mol. The van der Waals surface area contributed by atoms with Gasteiger partial charge in [0.1, 0.15) is 0 Å². The first-order chi connectivity index (χ1) is 13.1. The molecule has 1 aliphatic rings. The summed E-state index contributed by atoms with van der Waals surface area (Å²) in [5.74, 6) is 0. The van der Waals surface area contributed by atoms with Crippen molar-refractivity contribution in [2.24, 2.45) is 0 Å². The monoisotopic (exact) mass is 402 g/mol. The van der Waals surface area contributed by atoms with E-state index in [0.717, 1.165) is 29.8 Å². The van der Waals surface area contributed by atoms with Gasteiger partial charge in [0.25, 0.3) is 0 Å². The molecular formula is C22H30N2O3S. The van der Waals surface area contributed by atoms with E-state index in [9.17, 15) is 13.5 Å². The predicted octanol–water partition coefficient (Wildman–Crippen LogP) is 3.01. The molecule has 2 N–H and O–H groups in total. The number of hydrogen-bond acceptors (Lipinski definition) is 4. The Hall–Kier alpha value is -1.73. The Morgan fingerprint density at radius 3 is 2.36 bits per heavy atom. The van der Waals surface area contributed by atoms with Gasteiger partial charge in [0.2, 0.25) is 10.0 Å². The summed E-state index contributed by atoms with van der Waals surface area (Å²) in [6.07, 6.45) is 1.13. The smallest absolute Gasteiger partial charge is 0.240 e. The number of rotatable bonds is 5. The second-order valence-electron chi connectivity index (χ2n) is 8.08. The second-order valence-corrected chi connectivity index (χ2v) is 9.84. The Balaban J connectivity index is 1.80. The molecule has 0 unspecified atom stereocenters. The molecule has 1 heterocycles. The van der Waals surface area contributed by atoms with Gasteiger partial charge in [0.05, 0.1) is 10.5 Å². The number of benzene rings is 2. The Kier molecular flexibility index (Phi) is 5.96. The van der Waals surface area contributed by atoms with Crippen LogP contribution in [0, 0.1) is 20.8 Å². The summed E-state index contributed by atoms with van der Waals surface area (Å²) in [5.41, 5.74) is 4.50. The molecule has 3 rings (SSSR count). The van der Waals surface area contributed by atoms with Crippen molar-refractivity contribution in [1.82, 2.24) is 9.62 Å². The van der Waals surface area contributed by atoms with E-state index in [1.165, 1.54) is 11.1 Å². The molecule has 0 radical (unpaired) electrons. The maximum atomic E-state index is 12.8. The summed E-state index contributed by atoms with van der Waals surface area (Å²) in [7, 11) is -1.67. The molecule has 0 atom stereocenters. The van der Waals surface area contributed by atoms with Gasteiger partial charge in [-0.1, -0.05) is 24.3 Å². The molecule has 5 nitrogen and oxygen atoms in total. The van der Waals surface area contributed by atoms with Crippen LogP contribution in [0.15, 0.2) is 41.3 Å². The van der Waals surface area contributed by atoms with E-state index in [1.807, 2.05) is 26.1 Å². The van der Waals surface area contributed by atoms with E-state index in [0.29, 0.717) is 12.8 Å². The number of aliphatic hydroxyl groups is 1. The third-order valence-electron chi connectivity index (χ3n) is 5.91. The highest BCUT2D eigenvalue weighted by molar-refractivity contribution is 7.89. The number of nitrogens with one attached hydrogen (secondary N) is 1. The van der Waals surface area contributed by atoms with Crippen molar-refractivity contribution in [3.8, 4) is 11.1 Å². The third-order valence-corrected chi connectivity index (χ3v) is 7.31. The van der Waals surface area contributed by atoms with E-state index in [1.54, 1.807) is 12.1 Å². The van der Waals surface area contributed by atoms with Crippen molar-refractivity contribution >= 4 is 10.0 Å². The minimum absolute atomic E-state index is 0.0426. The molecule has 0 aliphatic carbocycles.